The number of nitrogens with zero attached hydrogens (tertiary/aromatic N) is 3. The highest BCUT2D eigenvalue weighted by atomic mass is 19.1. The van der Waals surface area contributed by atoms with Crippen LogP contribution in [-0.2, 0) is 5.41 Å². The lowest BCUT2D eigenvalue weighted by Gasteiger charge is -2.45. The number of hydrogen-bond acceptors (Lipinski definition) is 3. The monoisotopic (exact) mass is 445 g/mol. The summed E-state index contributed by atoms with van der Waals surface area (Å²) >= 11 is 0. The molecular weight excluding hydrogens is 413 g/mol. The van der Waals surface area contributed by atoms with Crippen LogP contribution in [0.25, 0.3) is 11.3 Å². The van der Waals surface area contributed by atoms with Crippen molar-refractivity contribution in [2.45, 2.75) is 63.5 Å². The Hall–Kier alpha value is -2.79. The van der Waals surface area contributed by atoms with Crippen LogP contribution < -0.4 is 0 Å². The van der Waals surface area contributed by atoms with Crippen molar-refractivity contribution < 1.29 is 9.50 Å². The number of allylic oxidation sites excluding steroid dienone is 1. The molecule has 1 aromatic carbocycles. The molecule has 3 heterocycles. The van der Waals surface area contributed by atoms with Crippen LogP contribution in [0.15, 0.2) is 67.4 Å². The van der Waals surface area contributed by atoms with Crippen LogP contribution in [0.4, 0.5) is 4.39 Å². The van der Waals surface area contributed by atoms with Gasteiger partial charge in [-0.2, -0.15) is 0 Å². The summed E-state index contributed by atoms with van der Waals surface area (Å²) < 4.78 is 16.7. The van der Waals surface area contributed by atoms with Crippen molar-refractivity contribution in [2.75, 3.05) is 0 Å². The van der Waals surface area contributed by atoms with E-state index in [0.29, 0.717) is 30.2 Å². The molecule has 3 aromatic rings. The molecule has 0 bridgehead atoms. The fourth-order valence-corrected chi connectivity index (χ4v) is 6.14. The van der Waals surface area contributed by atoms with Crippen molar-refractivity contribution in [3.05, 3.63) is 84.3 Å². The number of imidazole rings is 1. The van der Waals surface area contributed by atoms with Gasteiger partial charge in [0.25, 0.3) is 0 Å². The summed E-state index contributed by atoms with van der Waals surface area (Å²) in [6.07, 6.45) is 11.0. The van der Waals surface area contributed by atoms with Gasteiger partial charge in [-0.1, -0.05) is 44.2 Å². The molecule has 1 N–H and O–H groups in total. The van der Waals surface area contributed by atoms with Crippen LogP contribution >= 0.6 is 0 Å². The molecule has 0 saturated heterocycles. The number of halogens is 1. The normalized spacial score (nSPS) is 27.3. The summed E-state index contributed by atoms with van der Waals surface area (Å²) in [7, 11) is 0. The third kappa shape index (κ3) is 3.72. The molecular formula is C28H32FN3O. The Kier molecular flexibility index (Phi) is 5.69. The Morgan fingerprint density at radius 1 is 1.24 bits per heavy atom. The summed E-state index contributed by atoms with van der Waals surface area (Å²) in [5.74, 6) is 0.748. The number of aromatic nitrogens is 3. The van der Waals surface area contributed by atoms with E-state index >= 15 is 0 Å². The lowest BCUT2D eigenvalue weighted by Crippen LogP contribution is -2.38. The van der Waals surface area contributed by atoms with Gasteiger partial charge in [0, 0.05) is 28.9 Å². The molecule has 1 aliphatic heterocycles. The van der Waals surface area contributed by atoms with Crippen molar-refractivity contribution in [1.29, 1.82) is 0 Å². The molecule has 5 atom stereocenters. The first kappa shape index (κ1) is 22.0. The van der Waals surface area contributed by atoms with Crippen LogP contribution in [0, 0.1) is 17.7 Å². The number of rotatable bonds is 6. The second-order valence-electron chi connectivity index (χ2n) is 10.1. The van der Waals surface area contributed by atoms with Crippen LogP contribution in [0.5, 0.6) is 0 Å². The summed E-state index contributed by atoms with van der Waals surface area (Å²) in [6.45, 7) is 9.06. The molecule has 172 valence electrons. The quantitative estimate of drug-likeness (QED) is 0.468. The first-order valence-electron chi connectivity index (χ1n) is 12.0. The number of fused-ring (bicyclic) bond motifs is 3. The van der Waals surface area contributed by atoms with E-state index in [-0.39, 0.29) is 17.3 Å². The van der Waals surface area contributed by atoms with Gasteiger partial charge in [0.2, 0.25) is 0 Å². The SMILES string of the molecule is C=C1CC(CCC(O)CC2c3c(F)cccc3-c3cncn32)CC(C)C1(C)c1cccnc1. The molecule has 0 radical (unpaired) electrons. The fraction of sp³-hybridized carbons (Fsp3) is 0.429. The van der Waals surface area contributed by atoms with E-state index in [4.69, 9.17) is 0 Å². The van der Waals surface area contributed by atoms with Crippen molar-refractivity contribution in [3.8, 4) is 11.3 Å². The topological polar surface area (TPSA) is 50.9 Å². The van der Waals surface area contributed by atoms with Crippen molar-refractivity contribution >= 4 is 0 Å². The molecule has 5 unspecified atom stereocenters. The van der Waals surface area contributed by atoms with E-state index in [1.54, 1.807) is 18.6 Å². The van der Waals surface area contributed by atoms with Crippen LogP contribution in [-0.4, -0.2) is 25.7 Å². The molecule has 2 aliphatic rings. The lowest BCUT2D eigenvalue weighted by atomic mass is 9.59. The predicted octanol–water partition coefficient (Wildman–Crippen LogP) is 6.08. The molecule has 1 aliphatic carbocycles. The van der Waals surface area contributed by atoms with Gasteiger partial charge in [-0.3, -0.25) is 4.98 Å². The van der Waals surface area contributed by atoms with E-state index in [1.165, 1.54) is 17.2 Å². The Morgan fingerprint density at radius 3 is 2.85 bits per heavy atom. The minimum atomic E-state index is -0.494. The Morgan fingerprint density at radius 2 is 2.09 bits per heavy atom. The number of benzene rings is 1. The first-order valence-corrected chi connectivity index (χ1v) is 12.0. The molecule has 0 spiro atoms. The third-order valence-electron chi connectivity index (χ3n) is 8.27. The van der Waals surface area contributed by atoms with E-state index in [0.717, 1.165) is 30.5 Å². The lowest BCUT2D eigenvalue weighted by molar-refractivity contribution is 0.123. The van der Waals surface area contributed by atoms with Crippen LogP contribution in [0.1, 0.15) is 63.1 Å². The first-order chi connectivity index (χ1) is 15.9. The minimum absolute atomic E-state index is 0.0632. The third-order valence-corrected chi connectivity index (χ3v) is 8.27. The second-order valence-corrected chi connectivity index (χ2v) is 10.1. The maximum atomic E-state index is 14.7. The largest absolute Gasteiger partial charge is 0.393 e. The van der Waals surface area contributed by atoms with Gasteiger partial charge in [0.1, 0.15) is 5.82 Å². The van der Waals surface area contributed by atoms with E-state index in [2.05, 4.69) is 36.5 Å². The Bertz CT molecular complexity index is 1160. The standard InChI is InChI=1S/C28H32FN3O/c1-18-12-20(13-19(2)28(18,3)21-6-5-11-30-15-21)9-10-22(33)14-25-27-23(7-4-8-24(27)29)26-16-31-17-32(25)26/h4-8,11,15-17,19-20,22,25,33H,1,9-10,12-14H2,2-3H3. The maximum absolute atomic E-state index is 14.7. The van der Waals surface area contributed by atoms with E-state index in [9.17, 15) is 9.50 Å². The van der Waals surface area contributed by atoms with E-state index in [1.807, 2.05) is 29.1 Å². The van der Waals surface area contributed by atoms with Gasteiger partial charge in [0.05, 0.1) is 30.4 Å². The molecule has 5 rings (SSSR count). The summed E-state index contributed by atoms with van der Waals surface area (Å²) in [5, 5.41) is 10.9. The van der Waals surface area contributed by atoms with E-state index < -0.39 is 6.10 Å². The van der Waals surface area contributed by atoms with Crippen molar-refractivity contribution in [2.24, 2.45) is 11.8 Å². The van der Waals surface area contributed by atoms with Crippen LogP contribution in [0.2, 0.25) is 0 Å². The molecule has 1 fully saturated rings. The van der Waals surface area contributed by atoms with Gasteiger partial charge >= 0.3 is 0 Å². The smallest absolute Gasteiger partial charge is 0.129 e. The highest BCUT2D eigenvalue weighted by Gasteiger charge is 2.41. The zero-order chi connectivity index (χ0) is 23.2. The second kappa shape index (κ2) is 8.53. The number of hydrogen-bond donors (Lipinski definition) is 1. The summed E-state index contributed by atoms with van der Waals surface area (Å²) in [4.78, 5) is 8.58. The summed E-state index contributed by atoms with van der Waals surface area (Å²) in [6, 6.07) is 9.13. The van der Waals surface area contributed by atoms with Gasteiger partial charge in [-0.15, -0.1) is 0 Å². The van der Waals surface area contributed by atoms with Crippen molar-refractivity contribution in [3.63, 3.8) is 0 Å². The average molecular weight is 446 g/mol. The molecule has 33 heavy (non-hydrogen) atoms. The van der Waals surface area contributed by atoms with Gasteiger partial charge in [-0.05, 0) is 61.6 Å². The number of aliphatic hydroxyl groups excluding tert-OH is 1. The maximum Gasteiger partial charge on any atom is 0.129 e. The highest BCUT2D eigenvalue weighted by molar-refractivity contribution is 5.69. The Labute approximate surface area is 195 Å². The highest BCUT2D eigenvalue weighted by Crippen LogP contribution is 2.49. The zero-order valence-corrected chi connectivity index (χ0v) is 19.4. The van der Waals surface area contributed by atoms with Gasteiger partial charge in [0.15, 0.2) is 0 Å². The number of aliphatic hydroxyl groups is 1. The molecule has 1 saturated carbocycles. The van der Waals surface area contributed by atoms with Crippen LogP contribution in [0.3, 0.4) is 0 Å². The fourth-order valence-electron chi connectivity index (χ4n) is 6.14. The van der Waals surface area contributed by atoms with Gasteiger partial charge in [-0.25, -0.2) is 9.37 Å². The zero-order valence-electron chi connectivity index (χ0n) is 19.4. The molecule has 0 amide bonds. The minimum Gasteiger partial charge on any atom is -0.393 e. The Balaban J connectivity index is 1.23. The average Bonchev–Trinajstić information content (AvgIpc) is 3.40. The summed E-state index contributed by atoms with van der Waals surface area (Å²) in [5.41, 5.74) is 4.92. The predicted molar refractivity (Wildman–Crippen MR) is 128 cm³/mol. The molecule has 2 aromatic heterocycles. The molecule has 4 nitrogen and oxygen atoms in total. The van der Waals surface area contributed by atoms with Crippen molar-refractivity contribution in [1.82, 2.24) is 14.5 Å². The number of pyridine rings is 1. The molecule has 5 heteroatoms. The van der Waals surface area contributed by atoms with Gasteiger partial charge < -0.3 is 9.67 Å².